The molecule has 0 spiro atoms. The quantitative estimate of drug-likeness (QED) is 0.454. The molecule has 1 amide bonds. The number of ether oxygens (including phenoxy) is 4. The summed E-state index contributed by atoms with van der Waals surface area (Å²) >= 11 is 0. The second kappa shape index (κ2) is 11.9. The van der Waals surface area contributed by atoms with Crippen LogP contribution < -0.4 is 24.2 Å². The third-order valence-corrected chi connectivity index (χ3v) is 5.54. The Morgan fingerprint density at radius 1 is 0.938 bits per heavy atom. The van der Waals surface area contributed by atoms with Gasteiger partial charge in [0.1, 0.15) is 17.2 Å². The molecule has 0 aliphatic carbocycles. The smallest absolute Gasteiger partial charge is 0.307 e. The number of benzene rings is 2. The van der Waals surface area contributed by atoms with Crippen LogP contribution in [0.1, 0.15) is 13.3 Å². The van der Waals surface area contributed by atoms with Crippen LogP contribution in [0.3, 0.4) is 0 Å². The molecule has 0 unspecified atom stereocenters. The van der Waals surface area contributed by atoms with Crippen LogP contribution in [-0.4, -0.2) is 54.3 Å². The molecule has 32 heavy (non-hydrogen) atoms. The number of rotatable bonds is 12. The van der Waals surface area contributed by atoms with Gasteiger partial charge in [0, 0.05) is 30.4 Å². The molecule has 0 aliphatic heterocycles. The van der Waals surface area contributed by atoms with Crippen molar-refractivity contribution in [2.45, 2.75) is 18.2 Å². The van der Waals surface area contributed by atoms with Crippen molar-refractivity contribution < 1.29 is 37.0 Å². The Morgan fingerprint density at radius 2 is 1.56 bits per heavy atom. The number of methoxy groups -OCH3 is 2. The Labute approximate surface area is 186 Å². The summed E-state index contributed by atoms with van der Waals surface area (Å²) in [6.45, 7) is 1.59. The Balaban J connectivity index is 1.77. The second-order valence-electron chi connectivity index (χ2n) is 6.36. The Bertz CT molecular complexity index is 1000. The molecule has 2 aromatic rings. The molecule has 2 N–H and O–H groups in total. The van der Waals surface area contributed by atoms with E-state index < -0.39 is 28.5 Å². The maximum absolute atomic E-state index is 12.3. The number of sulfonamides is 1. The van der Waals surface area contributed by atoms with Crippen molar-refractivity contribution in [3.63, 3.8) is 0 Å². The molecule has 0 aliphatic rings. The number of amides is 1. The normalized spacial score (nSPS) is 10.8. The number of anilines is 1. The van der Waals surface area contributed by atoms with Crippen LogP contribution in [0.5, 0.6) is 17.2 Å². The monoisotopic (exact) mass is 466 g/mol. The Kier molecular flexibility index (Phi) is 9.29. The highest BCUT2D eigenvalue weighted by atomic mass is 32.2. The van der Waals surface area contributed by atoms with Crippen LogP contribution in [0.25, 0.3) is 0 Å². The maximum Gasteiger partial charge on any atom is 0.307 e. The van der Waals surface area contributed by atoms with Crippen molar-refractivity contribution in [3.05, 3.63) is 42.5 Å². The Hall–Kier alpha value is -3.31. The van der Waals surface area contributed by atoms with E-state index in [1.807, 2.05) is 6.92 Å². The van der Waals surface area contributed by atoms with Gasteiger partial charge in [0.15, 0.2) is 6.61 Å². The van der Waals surface area contributed by atoms with Gasteiger partial charge in [-0.2, -0.15) is 0 Å². The van der Waals surface area contributed by atoms with Gasteiger partial charge in [0.05, 0.1) is 32.1 Å². The molecule has 2 aromatic carbocycles. The Morgan fingerprint density at radius 3 is 2.12 bits per heavy atom. The topological polar surface area (TPSA) is 129 Å². The van der Waals surface area contributed by atoms with Crippen molar-refractivity contribution in [3.8, 4) is 17.2 Å². The molecule has 0 heterocycles. The summed E-state index contributed by atoms with van der Waals surface area (Å²) in [6.07, 6.45) is -0.240. The first-order chi connectivity index (χ1) is 15.3. The van der Waals surface area contributed by atoms with Gasteiger partial charge >= 0.3 is 5.97 Å². The summed E-state index contributed by atoms with van der Waals surface area (Å²) in [4.78, 5) is 23.9. The van der Waals surface area contributed by atoms with Crippen molar-refractivity contribution in [1.29, 1.82) is 0 Å². The van der Waals surface area contributed by atoms with Crippen LogP contribution in [0.15, 0.2) is 47.4 Å². The fraction of sp³-hybridized carbons (Fsp3) is 0.333. The predicted octanol–water partition coefficient (Wildman–Crippen LogP) is 1.95. The average molecular weight is 467 g/mol. The third kappa shape index (κ3) is 7.75. The molecular formula is C21H26N2O8S. The zero-order valence-electron chi connectivity index (χ0n) is 18.0. The van der Waals surface area contributed by atoms with Crippen LogP contribution >= 0.6 is 0 Å². The first-order valence-corrected chi connectivity index (χ1v) is 11.2. The van der Waals surface area contributed by atoms with Crippen molar-refractivity contribution in [2.75, 3.05) is 39.3 Å². The first kappa shape index (κ1) is 25.0. The number of hydrogen-bond donors (Lipinski definition) is 2. The molecule has 0 bridgehead atoms. The summed E-state index contributed by atoms with van der Waals surface area (Å²) in [5.41, 5.74) is 0.408. The molecule has 0 saturated carbocycles. The van der Waals surface area contributed by atoms with E-state index >= 15 is 0 Å². The largest absolute Gasteiger partial charge is 0.497 e. The zero-order valence-corrected chi connectivity index (χ0v) is 18.9. The SMILES string of the molecule is CCOc1ccc(S(=O)(=O)NCCC(=O)OCC(=O)Nc2cc(OC)cc(OC)c2)cc1. The highest BCUT2D eigenvalue weighted by Crippen LogP contribution is 2.25. The minimum atomic E-state index is -3.79. The summed E-state index contributed by atoms with van der Waals surface area (Å²) < 4.78 is 47.2. The van der Waals surface area contributed by atoms with E-state index in [0.29, 0.717) is 29.5 Å². The van der Waals surface area contributed by atoms with E-state index in [4.69, 9.17) is 18.9 Å². The number of esters is 1. The van der Waals surface area contributed by atoms with E-state index in [0.717, 1.165) is 0 Å². The van der Waals surface area contributed by atoms with Gasteiger partial charge < -0.3 is 24.3 Å². The lowest BCUT2D eigenvalue weighted by atomic mass is 10.2. The molecular weight excluding hydrogens is 440 g/mol. The molecule has 11 heteroatoms. The van der Waals surface area contributed by atoms with Crippen LogP contribution in [-0.2, 0) is 24.3 Å². The summed E-state index contributed by atoms with van der Waals surface area (Å²) in [7, 11) is -0.832. The lowest BCUT2D eigenvalue weighted by Crippen LogP contribution is -2.28. The number of hydrogen-bond acceptors (Lipinski definition) is 8. The lowest BCUT2D eigenvalue weighted by Gasteiger charge is -2.10. The molecule has 0 saturated heterocycles. The van der Waals surface area contributed by atoms with Crippen molar-refractivity contribution >= 4 is 27.6 Å². The van der Waals surface area contributed by atoms with E-state index in [1.165, 1.54) is 26.4 Å². The van der Waals surface area contributed by atoms with Crippen LogP contribution in [0.4, 0.5) is 5.69 Å². The fourth-order valence-electron chi connectivity index (χ4n) is 2.55. The fourth-order valence-corrected chi connectivity index (χ4v) is 3.58. The standard InChI is InChI=1S/C21H26N2O8S/c1-4-30-16-5-7-19(8-6-16)32(26,27)22-10-9-21(25)31-14-20(24)23-15-11-17(28-2)13-18(12-15)29-3/h5-8,11-13,22H,4,9-10,14H2,1-3H3,(H,23,24). The van der Waals surface area contributed by atoms with Gasteiger partial charge in [0.2, 0.25) is 10.0 Å². The van der Waals surface area contributed by atoms with E-state index in [2.05, 4.69) is 10.0 Å². The molecule has 10 nitrogen and oxygen atoms in total. The minimum absolute atomic E-state index is 0.0439. The van der Waals surface area contributed by atoms with E-state index in [1.54, 1.807) is 30.3 Å². The van der Waals surface area contributed by atoms with Gasteiger partial charge in [-0.3, -0.25) is 9.59 Å². The van der Waals surface area contributed by atoms with Gasteiger partial charge in [0.25, 0.3) is 5.91 Å². The average Bonchev–Trinajstić information content (AvgIpc) is 2.78. The summed E-state index contributed by atoms with van der Waals surface area (Å²) in [6, 6.07) is 10.7. The summed E-state index contributed by atoms with van der Waals surface area (Å²) in [5.74, 6) is 0.231. The number of carbonyl (C=O) groups excluding carboxylic acids is 2. The maximum atomic E-state index is 12.3. The molecule has 174 valence electrons. The van der Waals surface area contributed by atoms with E-state index in [-0.39, 0.29) is 17.9 Å². The van der Waals surface area contributed by atoms with Crippen molar-refractivity contribution in [2.24, 2.45) is 0 Å². The van der Waals surface area contributed by atoms with Crippen LogP contribution in [0.2, 0.25) is 0 Å². The first-order valence-electron chi connectivity index (χ1n) is 9.68. The second-order valence-corrected chi connectivity index (χ2v) is 8.13. The molecule has 0 aromatic heterocycles. The minimum Gasteiger partial charge on any atom is -0.497 e. The van der Waals surface area contributed by atoms with Crippen LogP contribution in [0, 0.1) is 0 Å². The van der Waals surface area contributed by atoms with Gasteiger partial charge in [-0.25, -0.2) is 13.1 Å². The highest BCUT2D eigenvalue weighted by molar-refractivity contribution is 7.89. The summed E-state index contributed by atoms with van der Waals surface area (Å²) in [5, 5.41) is 2.56. The predicted molar refractivity (Wildman–Crippen MR) is 117 cm³/mol. The molecule has 2 rings (SSSR count). The zero-order chi connectivity index (χ0) is 23.6. The third-order valence-electron chi connectivity index (χ3n) is 4.07. The molecule has 0 radical (unpaired) electrons. The van der Waals surface area contributed by atoms with Gasteiger partial charge in [-0.1, -0.05) is 0 Å². The van der Waals surface area contributed by atoms with Gasteiger partial charge in [-0.05, 0) is 31.2 Å². The van der Waals surface area contributed by atoms with E-state index in [9.17, 15) is 18.0 Å². The molecule has 0 fully saturated rings. The molecule has 0 atom stereocenters. The van der Waals surface area contributed by atoms with Crippen molar-refractivity contribution in [1.82, 2.24) is 4.72 Å². The lowest BCUT2D eigenvalue weighted by molar-refractivity contribution is -0.147. The number of carbonyl (C=O) groups is 2. The highest BCUT2D eigenvalue weighted by Gasteiger charge is 2.15. The van der Waals surface area contributed by atoms with Gasteiger partial charge in [-0.15, -0.1) is 0 Å². The number of nitrogens with one attached hydrogen (secondary N) is 2.